The SMILES string of the molecule is CCC1(c2ccccc2)C(=O)NC(=O)N(CCCCC(=O)NCCOC(=O)CCC(=O)Oc2cc(O)[nH]c2O)C1=O. The molecule has 1 unspecified atom stereocenters. The number of urea groups is 1. The zero-order valence-electron chi connectivity index (χ0n) is 22.4. The number of nitrogens with one attached hydrogen (secondary N) is 3. The van der Waals surface area contributed by atoms with E-state index in [1.807, 2.05) is 0 Å². The number of imide groups is 2. The average molecular weight is 573 g/mol. The van der Waals surface area contributed by atoms with E-state index in [4.69, 9.17) is 9.47 Å². The molecule has 0 aliphatic carbocycles. The Morgan fingerprint density at radius 3 is 2.37 bits per heavy atom. The van der Waals surface area contributed by atoms with E-state index in [0.29, 0.717) is 18.4 Å². The second-order valence-corrected chi connectivity index (χ2v) is 9.21. The Morgan fingerprint density at radius 1 is 1.00 bits per heavy atom. The van der Waals surface area contributed by atoms with Crippen molar-refractivity contribution in [2.45, 2.75) is 50.9 Å². The fourth-order valence-corrected chi connectivity index (χ4v) is 4.33. The third-order valence-corrected chi connectivity index (χ3v) is 6.49. The van der Waals surface area contributed by atoms with Crippen LogP contribution in [0, 0.1) is 0 Å². The number of amides is 5. The third-order valence-electron chi connectivity index (χ3n) is 6.49. The van der Waals surface area contributed by atoms with E-state index in [-0.39, 0.29) is 57.0 Å². The van der Waals surface area contributed by atoms with Crippen molar-refractivity contribution in [3.8, 4) is 17.5 Å². The molecule has 0 spiro atoms. The summed E-state index contributed by atoms with van der Waals surface area (Å²) in [7, 11) is 0. The van der Waals surface area contributed by atoms with Gasteiger partial charge in [-0.15, -0.1) is 0 Å². The number of rotatable bonds is 14. The van der Waals surface area contributed by atoms with Crippen molar-refractivity contribution in [1.29, 1.82) is 0 Å². The topological polar surface area (TPSA) is 204 Å². The molecule has 14 heteroatoms. The Balaban J connectivity index is 1.33. The molecule has 41 heavy (non-hydrogen) atoms. The number of ether oxygens (including phenoxy) is 2. The number of barbiturate groups is 1. The molecule has 220 valence electrons. The number of esters is 2. The van der Waals surface area contributed by atoms with Crippen LogP contribution in [0.25, 0.3) is 0 Å². The normalized spacial score (nSPS) is 16.7. The highest BCUT2D eigenvalue weighted by molar-refractivity contribution is 6.22. The third kappa shape index (κ3) is 7.62. The quantitative estimate of drug-likeness (QED) is 0.125. The Labute approximate surface area is 235 Å². The van der Waals surface area contributed by atoms with Crippen molar-refractivity contribution in [1.82, 2.24) is 20.5 Å². The molecule has 2 heterocycles. The van der Waals surface area contributed by atoms with Crippen LogP contribution >= 0.6 is 0 Å². The molecule has 1 aliphatic heterocycles. The first-order valence-electron chi connectivity index (χ1n) is 13.0. The smallest absolute Gasteiger partial charge is 0.330 e. The zero-order valence-corrected chi connectivity index (χ0v) is 22.4. The lowest BCUT2D eigenvalue weighted by Crippen LogP contribution is -2.65. The molecule has 1 atom stereocenters. The molecule has 1 aromatic carbocycles. The van der Waals surface area contributed by atoms with Gasteiger partial charge in [0.25, 0.3) is 5.91 Å². The lowest BCUT2D eigenvalue weighted by atomic mass is 9.74. The Morgan fingerprint density at radius 2 is 1.71 bits per heavy atom. The highest BCUT2D eigenvalue weighted by atomic mass is 16.5. The fraction of sp³-hybridized carbons (Fsp3) is 0.407. The van der Waals surface area contributed by atoms with Crippen LogP contribution in [0.3, 0.4) is 0 Å². The summed E-state index contributed by atoms with van der Waals surface area (Å²) in [6.45, 7) is 1.65. The molecule has 5 amide bonds. The van der Waals surface area contributed by atoms with Crippen LogP contribution in [0.2, 0.25) is 0 Å². The number of aromatic hydroxyl groups is 2. The van der Waals surface area contributed by atoms with E-state index in [2.05, 4.69) is 15.6 Å². The molecule has 0 bridgehead atoms. The van der Waals surface area contributed by atoms with Crippen molar-refractivity contribution >= 4 is 35.7 Å². The predicted octanol–water partition coefficient (Wildman–Crippen LogP) is 1.37. The van der Waals surface area contributed by atoms with Crippen LogP contribution in [0.4, 0.5) is 4.79 Å². The van der Waals surface area contributed by atoms with Crippen molar-refractivity contribution in [2.75, 3.05) is 19.7 Å². The number of carbonyl (C=O) groups excluding carboxylic acids is 6. The van der Waals surface area contributed by atoms with Crippen LogP contribution in [0.5, 0.6) is 17.5 Å². The number of aromatic nitrogens is 1. The number of hydrogen-bond donors (Lipinski definition) is 5. The summed E-state index contributed by atoms with van der Waals surface area (Å²) in [6.07, 6.45) is 0.348. The summed E-state index contributed by atoms with van der Waals surface area (Å²) >= 11 is 0. The van der Waals surface area contributed by atoms with Gasteiger partial charge < -0.3 is 25.0 Å². The van der Waals surface area contributed by atoms with Crippen molar-refractivity contribution in [3.05, 3.63) is 42.0 Å². The van der Waals surface area contributed by atoms with Gasteiger partial charge in [-0.05, 0) is 24.8 Å². The molecule has 2 aromatic rings. The number of aromatic amines is 1. The minimum atomic E-state index is -1.50. The van der Waals surface area contributed by atoms with Crippen LogP contribution in [-0.2, 0) is 34.1 Å². The Bertz CT molecular complexity index is 1290. The van der Waals surface area contributed by atoms with Gasteiger partial charge in [0.05, 0.1) is 19.4 Å². The summed E-state index contributed by atoms with van der Waals surface area (Å²) < 4.78 is 9.76. The molecule has 1 aromatic heterocycles. The largest absolute Gasteiger partial charge is 0.494 e. The van der Waals surface area contributed by atoms with Gasteiger partial charge in [0, 0.05) is 19.0 Å². The van der Waals surface area contributed by atoms with Gasteiger partial charge in [0.2, 0.25) is 17.7 Å². The number of unbranched alkanes of at least 4 members (excludes halogenated alkanes) is 1. The number of carbonyl (C=O) groups is 6. The standard InChI is InChI=1S/C27H32N4O10/c1-2-27(17-8-4-3-5-9-17)24(37)30-26(39)31(25(27)38)14-7-6-10-19(32)28-13-15-40-21(34)11-12-22(35)41-18-16-20(33)29-23(18)36/h3-5,8-9,16,29,33,36H,2,6-7,10-15H2,1H3,(H,28,32)(H,30,37,39). The first-order chi connectivity index (χ1) is 19.6. The first-order valence-corrected chi connectivity index (χ1v) is 13.0. The van der Waals surface area contributed by atoms with Gasteiger partial charge in [0.15, 0.2) is 17.0 Å². The van der Waals surface area contributed by atoms with Crippen LogP contribution in [-0.4, -0.2) is 75.5 Å². The second kappa shape index (κ2) is 14.0. The maximum Gasteiger partial charge on any atom is 0.330 e. The van der Waals surface area contributed by atoms with Gasteiger partial charge in [0.1, 0.15) is 6.61 Å². The summed E-state index contributed by atoms with van der Waals surface area (Å²) in [5, 5.41) is 23.5. The first kappa shape index (κ1) is 30.7. The molecular formula is C27H32N4O10. The number of benzene rings is 1. The number of hydrogen-bond acceptors (Lipinski definition) is 10. The molecule has 1 saturated heterocycles. The Kier molecular flexibility index (Phi) is 10.4. The van der Waals surface area contributed by atoms with Crippen LogP contribution < -0.4 is 15.4 Å². The lowest BCUT2D eigenvalue weighted by Gasteiger charge is -2.39. The van der Waals surface area contributed by atoms with Gasteiger partial charge in [-0.2, -0.15) is 0 Å². The van der Waals surface area contributed by atoms with E-state index in [1.165, 1.54) is 0 Å². The number of H-pyrrole nitrogens is 1. The van der Waals surface area contributed by atoms with E-state index in [9.17, 15) is 39.0 Å². The minimum Gasteiger partial charge on any atom is -0.494 e. The van der Waals surface area contributed by atoms with Crippen LogP contribution in [0.1, 0.15) is 51.0 Å². The van der Waals surface area contributed by atoms with Crippen molar-refractivity contribution in [2.24, 2.45) is 0 Å². The zero-order chi connectivity index (χ0) is 30.0. The molecule has 5 N–H and O–H groups in total. The Hall–Kier alpha value is -4.88. The second-order valence-electron chi connectivity index (χ2n) is 9.21. The van der Waals surface area contributed by atoms with E-state index in [1.54, 1.807) is 37.3 Å². The highest BCUT2D eigenvalue weighted by Gasteiger charge is 2.53. The van der Waals surface area contributed by atoms with E-state index < -0.39 is 47.0 Å². The van der Waals surface area contributed by atoms with Crippen molar-refractivity contribution in [3.63, 3.8) is 0 Å². The monoisotopic (exact) mass is 572 g/mol. The molecule has 14 nitrogen and oxygen atoms in total. The maximum absolute atomic E-state index is 13.3. The molecule has 0 radical (unpaired) electrons. The molecule has 1 fully saturated rings. The van der Waals surface area contributed by atoms with Gasteiger partial charge in [-0.3, -0.25) is 39.2 Å². The summed E-state index contributed by atoms with van der Waals surface area (Å²) in [4.78, 5) is 77.2. The van der Waals surface area contributed by atoms with E-state index >= 15 is 0 Å². The number of nitrogens with zero attached hydrogens (tertiary/aromatic N) is 1. The molecule has 3 rings (SSSR count). The maximum atomic E-state index is 13.3. The van der Waals surface area contributed by atoms with Crippen LogP contribution in [0.15, 0.2) is 36.4 Å². The average Bonchev–Trinajstić information content (AvgIpc) is 3.26. The van der Waals surface area contributed by atoms with Gasteiger partial charge in [-0.1, -0.05) is 37.3 Å². The predicted molar refractivity (Wildman–Crippen MR) is 140 cm³/mol. The van der Waals surface area contributed by atoms with Gasteiger partial charge >= 0.3 is 18.0 Å². The molecule has 1 aliphatic rings. The van der Waals surface area contributed by atoms with E-state index in [0.717, 1.165) is 11.0 Å². The van der Waals surface area contributed by atoms with Crippen molar-refractivity contribution < 1.29 is 48.5 Å². The summed E-state index contributed by atoms with van der Waals surface area (Å²) in [5.74, 6) is -4.29. The molecule has 0 saturated carbocycles. The lowest BCUT2D eigenvalue weighted by molar-refractivity contribution is -0.147. The highest BCUT2D eigenvalue weighted by Crippen LogP contribution is 2.33. The fourth-order valence-electron chi connectivity index (χ4n) is 4.33. The minimum absolute atomic E-state index is 0.0325. The summed E-state index contributed by atoms with van der Waals surface area (Å²) in [6, 6.07) is 8.77. The molecular weight excluding hydrogens is 540 g/mol. The summed E-state index contributed by atoms with van der Waals surface area (Å²) in [5.41, 5.74) is -1.000. The van der Waals surface area contributed by atoms with Gasteiger partial charge in [-0.25, -0.2) is 4.79 Å².